The lowest BCUT2D eigenvalue weighted by Crippen LogP contribution is -2.32. The highest BCUT2D eigenvalue weighted by atomic mass is 35.5. The Morgan fingerprint density at radius 3 is 2.71 bits per heavy atom. The Morgan fingerprint density at radius 1 is 1.38 bits per heavy atom. The Kier molecular flexibility index (Phi) is 5.93. The lowest BCUT2D eigenvalue weighted by Gasteiger charge is -2.09. The average Bonchev–Trinajstić information content (AvgIpc) is 2.38. The Labute approximate surface area is 128 Å². The van der Waals surface area contributed by atoms with E-state index in [0.29, 0.717) is 24.1 Å². The molecule has 0 aliphatic heterocycles. The zero-order valence-electron chi connectivity index (χ0n) is 12.0. The number of carbonyl (C=O) groups excluding carboxylic acids is 1. The minimum atomic E-state index is -0.612. The van der Waals surface area contributed by atoms with Gasteiger partial charge >= 0.3 is 5.63 Å². The molecular weight excluding hydrogens is 292 g/mol. The second-order valence-electron chi connectivity index (χ2n) is 4.91. The topological polar surface area (TPSA) is 85.3 Å². The quantitative estimate of drug-likeness (QED) is 0.846. The van der Waals surface area contributed by atoms with E-state index in [9.17, 15) is 9.59 Å². The second kappa shape index (κ2) is 7.24. The summed E-state index contributed by atoms with van der Waals surface area (Å²) in [6.45, 7) is 4.05. The number of fused-ring (bicyclic) bond motifs is 1. The molecule has 0 saturated carbocycles. The Morgan fingerprint density at radius 2 is 2.05 bits per heavy atom. The van der Waals surface area contributed by atoms with Gasteiger partial charge in [0.1, 0.15) is 11.1 Å². The molecule has 6 heteroatoms. The molecule has 21 heavy (non-hydrogen) atoms. The summed E-state index contributed by atoms with van der Waals surface area (Å²) in [6, 6.07) is 7.16. The number of carbonyl (C=O) groups is 1. The number of aryl methyl sites for hydroxylation is 1. The summed E-state index contributed by atoms with van der Waals surface area (Å²) in [5.74, 6) is -0.414. The molecule has 5 nitrogen and oxygen atoms in total. The van der Waals surface area contributed by atoms with Gasteiger partial charge in [-0.15, -0.1) is 12.4 Å². The number of halogens is 1. The van der Waals surface area contributed by atoms with Crippen molar-refractivity contribution in [1.82, 2.24) is 5.32 Å². The zero-order chi connectivity index (χ0) is 14.7. The molecule has 1 atom stereocenters. The van der Waals surface area contributed by atoms with Gasteiger partial charge in [0.15, 0.2) is 0 Å². The molecule has 1 unspecified atom stereocenters. The molecule has 114 valence electrons. The van der Waals surface area contributed by atoms with Crippen LogP contribution >= 0.6 is 12.4 Å². The number of benzene rings is 1. The zero-order valence-corrected chi connectivity index (χ0v) is 12.8. The molecule has 0 bridgehead atoms. The highest BCUT2D eigenvalue weighted by Crippen LogP contribution is 2.18. The number of hydrogen-bond donors (Lipinski definition) is 2. The number of amides is 1. The Bertz CT molecular complexity index is 695. The summed E-state index contributed by atoms with van der Waals surface area (Å²) < 4.78 is 5.18. The van der Waals surface area contributed by atoms with E-state index in [1.54, 1.807) is 19.1 Å². The fourth-order valence-corrected chi connectivity index (χ4v) is 2.07. The third-order valence-corrected chi connectivity index (χ3v) is 3.19. The van der Waals surface area contributed by atoms with E-state index in [-0.39, 0.29) is 24.0 Å². The lowest BCUT2D eigenvalue weighted by atomic mass is 10.1. The molecule has 0 radical (unpaired) electrons. The van der Waals surface area contributed by atoms with E-state index in [0.717, 1.165) is 5.39 Å². The van der Waals surface area contributed by atoms with E-state index in [4.69, 9.17) is 10.2 Å². The van der Waals surface area contributed by atoms with Crippen molar-refractivity contribution in [2.24, 2.45) is 5.73 Å². The van der Waals surface area contributed by atoms with Crippen molar-refractivity contribution in [3.63, 3.8) is 0 Å². The van der Waals surface area contributed by atoms with Crippen LogP contribution in [0.2, 0.25) is 0 Å². The largest absolute Gasteiger partial charge is 0.422 e. The summed E-state index contributed by atoms with van der Waals surface area (Å²) >= 11 is 0. The van der Waals surface area contributed by atoms with Gasteiger partial charge in [-0.2, -0.15) is 0 Å². The van der Waals surface area contributed by atoms with Crippen molar-refractivity contribution < 1.29 is 9.21 Å². The molecule has 1 aromatic carbocycles. The van der Waals surface area contributed by atoms with Gasteiger partial charge in [0.05, 0.1) is 0 Å². The molecule has 1 aromatic heterocycles. The fraction of sp³-hybridized carbons (Fsp3) is 0.333. The molecule has 0 fully saturated rings. The van der Waals surface area contributed by atoms with Crippen LogP contribution in [0, 0.1) is 6.92 Å². The van der Waals surface area contributed by atoms with Gasteiger partial charge in [0.2, 0.25) is 0 Å². The van der Waals surface area contributed by atoms with Crippen LogP contribution in [-0.4, -0.2) is 18.5 Å². The average molecular weight is 311 g/mol. The molecule has 1 amide bonds. The molecular formula is C15H19ClN2O3. The normalized spacial score (nSPS) is 11.8. The van der Waals surface area contributed by atoms with E-state index in [2.05, 4.69) is 5.32 Å². The summed E-state index contributed by atoms with van der Waals surface area (Å²) in [4.78, 5) is 24.0. The highest BCUT2D eigenvalue weighted by molar-refractivity contribution is 5.99. The van der Waals surface area contributed by atoms with E-state index < -0.39 is 11.5 Å². The van der Waals surface area contributed by atoms with Crippen LogP contribution in [0.4, 0.5) is 0 Å². The SMILES string of the molecule is Cc1c(C(=O)NCCC(C)N)c(=O)oc2ccccc12.Cl. The number of rotatable bonds is 4. The first-order valence-corrected chi connectivity index (χ1v) is 6.57. The molecule has 0 spiro atoms. The molecule has 2 aromatic rings. The number of nitrogens with one attached hydrogen (secondary N) is 1. The first kappa shape index (κ1) is 17.2. The van der Waals surface area contributed by atoms with E-state index in [1.807, 2.05) is 19.1 Å². The van der Waals surface area contributed by atoms with Gasteiger partial charge in [-0.1, -0.05) is 18.2 Å². The fourth-order valence-electron chi connectivity index (χ4n) is 2.07. The summed E-state index contributed by atoms with van der Waals surface area (Å²) in [5, 5.41) is 3.47. The van der Waals surface area contributed by atoms with E-state index in [1.165, 1.54) is 0 Å². The molecule has 1 heterocycles. The first-order chi connectivity index (χ1) is 9.50. The van der Waals surface area contributed by atoms with Crippen molar-refractivity contribution in [3.8, 4) is 0 Å². The molecule has 2 rings (SSSR count). The van der Waals surface area contributed by atoms with Gasteiger partial charge in [-0.3, -0.25) is 4.79 Å². The maximum atomic E-state index is 12.1. The lowest BCUT2D eigenvalue weighted by molar-refractivity contribution is 0.0948. The van der Waals surface area contributed by atoms with Crippen molar-refractivity contribution >= 4 is 29.3 Å². The molecule has 3 N–H and O–H groups in total. The summed E-state index contributed by atoms with van der Waals surface area (Å²) in [7, 11) is 0. The van der Waals surface area contributed by atoms with Crippen molar-refractivity contribution in [3.05, 3.63) is 45.8 Å². The smallest absolute Gasteiger partial charge is 0.349 e. The third-order valence-electron chi connectivity index (χ3n) is 3.19. The Balaban J connectivity index is 0.00000220. The maximum absolute atomic E-state index is 12.1. The van der Waals surface area contributed by atoms with Gasteiger partial charge in [0.25, 0.3) is 5.91 Å². The number of para-hydroxylation sites is 1. The Hall–Kier alpha value is -1.85. The van der Waals surface area contributed by atoms with Crippen LogP contribution in [0.1, 0.15) is 29.3 Å². The van der Waals surface area contributed by atoms with E-state index >= 15 is 0 Å². The van der Waals surface area contributed by atoms with Crippen LogP contribution in [0.15, 0.2) is 33.5 Å². The first-order valence-electron chi connectivity index (χ1n) is 6.57. The second-order valence-corrected chi connectivity index (χ2v) is 4.91. The van der Waals surface area contributed by atoms with Crippen LogP contribution in [0.25, 0.3) is 11.0 Å². The van der Waals surface area contributed by atoms with Crippen LogP contribution < -0.4 is 16.7 Å². The third kappa shape index (κ3) is 3.83. The predicted molar refractivity (Wildman–Crippen MR) is 85.1 cm³/mol. The van der Waals surface area contributed by atoms with Crippen LogP contribution in [0.3, 0.4) is 0 Å². The monoisotopic (exact) mass is 310 g/mol. The minimum Gasteiger partial charge on any atom is -0.422 e. The van der Waals surface area contributed by atoms with Gasteiger partial charge < -0.3 is 15.5 Å². The van der Waals surface area contributed by atoms with Crippen molar-refractivity contribution in [2.45, 2.75) is 26.3 Å². The molecule has 0 aliphatic rings. The van der Waals surface area contributed by atoms with Crippen molar-refractivity contribution in [1.29, 1.82) is 0 Å². The standard InChI is InChI=1S/C15H18N2O3.ClH/c1-9(16)7-8-17-14(18)13-10(2)11-5-3-4-6-12(11)20-15(13)19;/h3-6,9H,7-8,16H2,1-2H3,(H,17,18);1H. The highest BCUT2D eigenvalue weighted by Gasteiger charge is 2.17. The number of hydrogen-bond acceptors (Lipinski definition) is 4. The van der Waals surface area contributed by atoms with Gasteiger partial charge in [-0.05, 0) is 31.9 Å². The maximum Gasteiger partial charge on any atom is 0.349 e. The summed E-state index contributed by atoms with van der Waals surface area (Å²) in [6.07, 6.45) is 0.656. The number of nitrogens with two attached hydrogens (primary N) is 1. The minimum absolute atomic E-state index is 0. The van der Waals surface area contributed by atoms with Crippen LogP contribution in [0.5, 0.6) is 0 Å². The van der Waals surface area contributed by atoms with Gasteiger partial charge in [0, 0.05) is 18.0 Å². The molecule has 0 saturated heterocycles. The van der Waals surface area contributed by atoms with Gasteiger partial charge in [-0.25, -0.2) is 4.79 Å². The predicted octanol–water partition coefficient (Wildman–Crippen LogP) is 1.99. The van der Waals surface area contributed by atoms with Crippen molar-refractivity contribution in [2.75, 3.05) is 6.54 Å². The summed E-state index contributed by atoms with van der Waals surface area (Å²) in [5.41, 5.74) is 6.19. The van der Waals surface area contributed by atoms with Crippen LogP contribution in [-0.2, 0) is 0 Å². The molecule has 0 aliphatic carbocycles.